The van der Waals surface area contributed by atoms with Gasteiger partial charge in [0.15, 0.2) is 0 Å². The van der Waals surface area contributed by atoms with Crippen LogP contribution in [-0.4, -0.2) is 58.8 Å². The third-order valence-corrected chi connectivity index (χ3v) is 3.07. The first-order valence-electron chi connectivity index (χ1n) is 5.89. The number of aliphatic carboxylic acids is 1. The van der Waals surface area contributed by atoms with E-state index in [1.807, 2.05) is 4.90 Å². The highest BCUT2D eigenvalue weighted by Gasteiger charge is 2.29. The third kappa shape index (κ3) is 4.32. The fourth-order valence-corrected chi connectivity index (χ4v) is 1.97. The number of aliphatic hydroxyl groups is 1. The van der Waals surface area contributed by atoms with E-state index in [1.165, 1.54) is 6.92 Å². The van der Waals surface area contributed by atoms with Gasteiger partial charge in [-0.25, -0.2) is 4.79 Å². The molecule has 0 bridgehead atoms. The van der Waals surface area contributed by atoms with Crippen molar-refractivity contribution >= 4 is 11.9 Å². The lowest BCUT2D eigenvalue weighted by atomic mass is 9.91. The Morgan fingerprint density at radius 1 is 1.47 bits per heavy atom. The molecule has 0 aromatic heterocycles. The van der Waals surface area contributed by atoms with E-state index in [2.05, 4.69) is 5.32 Å². The lowest BCUT2D eigenvalue weighted by Gasteiger charge is -2.38. The number of carboxylic acid groups (broad SMARTS) is 1. The zero-order valence-electron chi connectivity index (χ0n) is 10.1. The highest BCUT2D eigenvalue weighted by atomic mass is 16.4. The van der Waals surface area contributed by atoms with E-state index in [-0.39, 0.29) is 19.1 Å². The molecule has 0 heterocycles. The van der Waals surface area contributed by atoms with Gasteiger partial charge in [-0.3, -0.25) is 9.69 Å². The van der Waals surface area contributed by atoms with Gasteiger partial charge in [0.1, 0.15) is 6.04 Å². The zero-order valence-corrected chi connectivity index (χ0v) is 10.1. The normalized spacial score (nSPS) is 17.6. The SMILES string of the molecule is CC(=O)NC(CN(CCO)C1CCC1)C(=O)O. The molecule has 1 amide bonds. The van der Waals surface area contributed by atoms with Crippen molar-refractivity contribution in [1.29, 1.82) is 0 Å². The number of hydrogen-bond acceptors (Lipinski definition) is 4. The van der Waals surface area contributed by atoms with Gasteiger partial charge in [-0.1, -0.05) is 6.42 Å². The summed E-state index contributed by atoms with van der Waals surface area (Å²) in [6.07, 6.45) is 3.21. The molecule has 0 aliphatic heterocycles. The summed E-state index contributed by atoms with van der Waals surface area (Å²) < 4.78 is 0. The first-order chi connectivity index (χ1) is 8.04. The first kappa shape index (κ1) is 13.9. The second-order valence-corrected chi connectivity index (χ2v) is 4.39. The monoisotopic (exact) mass is 244 g/mol. The van der Waals surface area contributed by atoms with Crippen LogP contribution in [-0.2, 0) is 9.59 Å². The van der Waals surface area contributed by atoms with E-state index in [0.717, 1.165) is 19.3 Å². The summed E-state index contributed by atoms with van der Waals surface area (Å²) in [5.41, 5.74) is 0. The number of nitrogens with zero attached hydrogens (tertiary/aromatic N) is 1. The number of rotatable bonds is 7. The van der Waals surface area contributed by atoms with Gasteiger partial charge >= 0.3 is 5.97 Å². The molecule has 98 valence electrons. The molecule has 3 N–H and O–H groups in total. The molecule has 1 unspecified atom stereocenters. The van der Waals surface area contributed by atoms with Gasteiger partial charge in [-0.05, 0) is 12.8 Å². The number of nitrogens with one attached hydrogen (secondary N) is 1. The number of carboxylic acids is 1. The highest BCUT2D eigenvalue weighted by Crippen LogP contribution is 2.24. The topological polar surface area (TPSA) is 89.9 Å². The number of aliphatic hydroxyl groups excluding tert-OH is 1. The second kappa shape index (κ2) is 6.56. The van der Waals surface area contributed by atoms with Crippen molar-refractivity contribution in [2.75, 3.05) is 19.7 Å². The van der Waals surface area contributed by atoms with Gasteiger partial charge in [0.2, 0.25) is 5.91 Å². The van der Waals surface area contributed by atoms with Crippen LogP contribution in [0.2, 0.25) is 0 Å². The second-order valence-electron chi connectivity index (χ2n) is 4.39. The molecule has 1 aliphatic carbocycles. The number of carbonyl (C=O) groups is 2. The zero-order chi connectivity index (χ0) is 12.8. The summed E-state index contributed by atoms with van der Waals surface area (Å²) in [6, 6.07) is -0.558. The number of carbonyl (C=O) groups excluding carboxylic acids is 1. The van der Waals surface area contributed by atoms with Crippen LogP contribution >= 0.6 is 0 Å². The van der Waals surface area contributed by atoms with Gasteiger partial charge in [-0.15, -0.1) is 0 Å². The van der Waals surface area contributed by atoms with Crippen molar-refractivity contribution in [1.82, 2.24) is 10.2 Å². The molecular weight excluding hydrogens is 224 g/mol. The van der Waals surface area contributed by atoms with Crippen LogP contribution in [0.4, 0.5) is 0 Å². The van der Waals surface area contributed by atoms with Crippen LogP contribution in [0.15, 0.2) is 0 Å². The van der Waals surface area contributed by atoms with Crippen LogP contribution in [0.5, 0.6) is 0 Å². The van der Waals surface area contributed by atoms with Crippen molar-refractivity contribution < 1.29 is 19.8 Å². The smallest absolute Gasteiger partial charge is 0.327 e. The Morgan fingerprint density at radius 3 is 2.47 bits per heavy atom. The average molecular weight is 244 g/mol. The van der Waals surface area contributed by atoms with Gasteiger partial charge in [-0.2, -0.15) is 0 Å². The molecule has 1 saturated carbocycles. The van der Waals surface area contributed by atoms with E-state index < -0.39 is 12.0 Å². The largest absolute Gasteiger partial charge is 0.480 e. The lowest BCUT2D eigenvalue weighted by Crippen LogP contribution is -2.52. The third-order valence-electron chi connectivity index (χ3n) is 3.07. The number of hydrogen-bond donors (Lipinski definition) is 3. The Labute approximate surface area is 101 Å². The maximum atomic E-state index is 11.0. The van der Waals surface area contributed by atoms with Gasteiger partial charge < -0.3 is 15.5 Å². The molecule has 0 saturated heterocycles. The maximum Gasteiger partial charge on any atom is 0.327 e. The Balaban J connectivity index is 2.54. The molecule has 1 aliphatic rings. The molecule has 17 heavy (non-hydrogen) atoms. The van der Waals surface area contributed by atoms with Crippen LogP contribution in [0, 0.1) is 0 Å². The molecule has 0 aromatic carbocycles. The Hall–Kier alpha value is -1.14. The minimum absolute atomic E-state index is 0.00289. The average Bonchev–Trinajstić information content (AvgIpc) is 2.13. The lowest BCUT2D eigenvalue weighted by molar-refractivity contribution is -0.142. The predicted molar refractivity (Wildman–Crippen MR) is 61.5 cm³/mol. The van der Waals surface area contributed by atoms with Crippen molar-refractivity contribution in [3.63, 3.8) is 0 Å². The quantitative estimate of drug-likeness (QED) is 0.557. The van der Waals surface area contributed by atoms with Crippen molar-refractivity contribution in [2.24, 2.45) is 0 Å². The fraction of sp³-hybridized carbons (Fsp3) is 0.818. The van der Waals surface area contributed by atoms with Crippen molar-refractivity contribution in [3.05, 3.63) is 0 Å². The first-order valence-corrected chi connectivity index (χ1v) is 5.89. The summed E-state index contributed by atoms with van der Waals surface area (Å²) >= 11 is 0. The van der Waals surface area contributed by atoms with E-state index in [9.17, 15) is 9.59 Å². The molecule has 1 atom stereocenters. The Morgan fingerprint density at radius 2 is 2.12 bits per heavy atom. The van der Waals surface area contributed by atoms with Crippen LogP contribution < -0.4 is 5.32 Å². The minimum Gasteiger partial charge on any atom is -0.480 e. The van der Waals surface area contributed by atoms with E-state index in [0.29, 0.717) is 12.6 Å². The molecule has 1 fully saturated rings. The Kier molecular flexibility index (Phi) is 5.37. The van der Waals surface area contributed by atoms with E-state index >= 15 is 0 Å². The molecule has 0 spiro atoms. The van der Waals surface area contributed by atoms with Crippen LogP contribution in [0.25, 0.3) is 0 Å². The van der Waals surface area contributed by atoms with E-state index in [4.69, 9.17) is 10.2 Å². The minimum atomic E-state index is -1.04. The predicted octanol–water partition coefficient (Wildman–Crippen LogP) is -0.577. The van der Waals surface area contributed by atoms with Gasteiger partial charge in [0, 0.05) is 26.1 Å². The standard InChI is InChI=1S/C11H20N2O4/c1-8(15)12-10(11(16)17)7-13(5-6-14)9-3-2-4-9/h9-10,14H,2-7H2,1H3,(H,12,15)(H,16,17). The fourth-order valence-electron chi connectivity index (χ4n) is 1.97. The van der Waals surface area contributed by atoms with Gasteiger partial charge in [0.05, 0.1) is 6.61 Å². The molecule has 6 nitrogen and oxygen atoms in total. The Bertz CT molecular complexity index is 279. The molecular formula is C11H20N2O4. The van der Waals surface area contributed by atoms with Crippen molar-refractivity contribution in [3.8, 4) is 0 Å². The van der Waals surface area contributed by atoms with Crippen LogP contribution in [0.3, 0.4) is 0 Å². The summed E-state index contributed by atoms with van der Waals surface area (Å²) in [5, 5.41) is 20.4. The maximum absolute atomic E-state index is 11.0. The van der Waals surface area contributed by atoms with Crippen LogP contribution in [0.1, 0.15) is 26.2 Å². The summed E-state index contributed by atoms with van der Waals surface area (Å²) in [4.78, 5) is 23.9. The van der Waals surface area contributed by atoms with Gasteiger partial charge in [0.25, 0.3) is 0 Å². The summed E-state index contributed by atoms with van der Waals surface area (Å²) in [5.74, 6) is -1.39. The molecule has 0 radical (unpaired) electrons. The van der Waals surface area contributed by atoms with Crippen molar-refractivity contribution in [2.45, 2.75) is 38.3 Å². The summed E-state index contributed by atoms with van der Waals surface area (Å²) in [7, 11) is 0. The van der Waals surface area contributed by atoms with E-state index in [1.54, 1.807) is 0 Å². The molecule has 6 heteroatoms. The summed E-state index contributed by atoms with van der Waals surface area (Å²) in [6.45, 7) is 2.01. The number of amides is 1. The molecule has 1 rings (SSSR count). The molecule has 0 aromatic rings. The highest BCUT2D eigenvalue weighted by molar-refractivity contribution is 5.82.